The molecule has 33 heavy (non-hydrogen) atoms. The van der Waals surface area contributed by atoms with E-state index in [1.807, 2.05) is 30.3 Å². The van der Waals surface area contributed by atoms with Gasteiger partial charge in [0.15, 0.2) is 17.3 Å². The second-order valence-corrected chi connectivity index (χ2v) is 9.21. The minimum Gasteiger partial charge on any atom is -0.454 e. The quantitative estimate of drug-likeness (QED) is 0.468. The Balaban J connectivity index is 1.47. The van der Waals surface area contributed by atoms with Crippen LogP contribution < -0.4 is 20.1 Å². The fourth-order valence-electron chi connectivity index (χ4n) is 4.95. The molecule has 2 aliphatic heterocycles. The lowest BCUT2D eigenvalue weighted by Gasteiger charge is -2.30. The second kappa shape index (κ2) is 7.85. The molecule has 2 N–H and O–H groups in total. The van der Waals surface area contributed by atoms with Gasteiger partial charge in [0, 0.05) is 29.3 Å². The number of ketones is 1. The number of carbonyl (C=O) groups excluding carboxylic acids is 1. The molecule has 3 aromatic carbocycles. The van der Waals surface area contributed by atoms with Crippen molar-refractivity contribution < 1.29 is 14.3 Å². The van der Waals surface area contributed by atoms with Gasteiger partial charge in [-0.05, 0) is 43.0 Å². The number of benzene rings is 3. The highest BCUT2D eigenvalue weighted by Gasteiger charge is 2.37. The highest BCUT2D eigenvalue weighted by atomic mass is 35.5. The second-order valence-electron chi connectivity index (χ2n) is 8.81. The number of Topliss-reactive ketones (excluding diaryl/α,β-unsaturated/α-hetero) is 1. The molecule has 0 amide bonds. The summed E-state index contributed by atoms with van der Waals surface area (Å²) in [5.41, 5.74) is 6.74. The summed E-state index contributed by atoms with van der Waals surface area (Å²) in [6, 6.07) is 19.7. The van der Waals surface area contributed by atoms with Crippen LogP contribution in [0.3, 0.4) is 0 Å². The van der Waals surface area contributed by atoms with Crippen LogP contribution in [0.2, 0.25) is 5.02 Å². The molecule has 0 bridgehead atoms. The fourth-order valence-corrected chi connectivity index (χ4v) is 5.22. The number of aryl methyl sites for hydroxylation is 1. The fraction of sp³-hybridized carbons (Fsp3) is 0.222. The third kappa shape index (κ3) is 3.53. The van der Waals surface area contributed by atoms with Crippen molar-refractivity contribution in [3.8, 4) is 11.5 Å². The third-order valence-electron chi connectivity index (χ3n) is 6.66. The summed E-state index contributed by atoms with van der Waals surface area (Å²) >= 11 is 6.71. The Morgan fingerprint density at radius 3 is 2.45 bits per heavy atom. The Morgan fingerprint density at radius 2 is 1.67 bits per heavy atom. The number of hydrogen-bond donors (Lipinski definition) is 2. The van der Waals surface area contributed by atoms with E-state index in [0.717, 1.165) is 34.6 Å². The smallest absolute Gasteiger partial charge is 0.231 e. The average molecular weight is 459 g/mol. The van der Waals surface area contributed by atoms with Gasteiger partial charge in [0.2, 0.25) is 6.79 Å². The van der Waals surface area contributed by atoms with Crippen LogP contribution in [0, 0.1) is 6.92 Å². The van der Waals surface area contributed by atoms with Crippen LogP contribution in [0.1, 0.15) is 41.5 Å². The monoisotopic (exact) mass is 458 g/mol. The van der Waals surface area contributed by atoms with Gasteiger partial charge in [-0.3, -0.25) is 4.79 Å². The van der Waals surface area contributed by atoms with E-state index in [1.54, 1.807) is 6.07 Å². The zero-order chi connectivity index (χ0) is 22.5. The molecule has 2 unspecified atom stereocenters. The highest BCUT2D eigenvalue weighted by Crippen LogP contribution is 2.47. The summed E-state index contributed by atoms with van der Waals surface area (Å²) < 4.78 is 11.1. The van der Waals surface area contributed by atoms with E-state index >= 15 is 0 Å². The van der Waals surface area contributed by atoms with Crippen molar-refractivity contribution >= 4 is 28.8 Å². The first kappa shape index (κ1) is 20.2. The van der Waals surface area contributed by atoms with Crippen molar-refractivity contribution in [2.24, 2.45) is 0 Å². The zero-order valence-corrected chi connectivity index (χ0v) is 18.9. The van der Waals surface area contributed by atoms with Crippen LogP contribution >= 0.6 is 11.6 Å². The summed E-state index contributed by atoms with van der Waals surface area (Å²) in [7, 11) is 0. The molecule has 3 aromatic rings. The van der Waals surface area contributed by atoms with Gasteiger partial charge in [-0.1, -0.05) is 53.6 Å². The van der Waals surface area contributed by atoms with Gasteiger partial charge in [-0.15, -0.1) is 0 Å². The molecule has 1 aliphatic carbocycles. The molecule has 2 atom stereocenters. The van der Waals surface area contributed by atoms with Gasteiger partial charge in [-0.2, -0.15) is 0 Å². The first-order valence-corrected chi connectivity index (χ1v) is 11.5. The Morgan fingerprint density at radius 1 is 0.939 bits per heavy atom. The van der Waals surface area contributed by atoms with E-state index in [1.165, 1.54) is 11.1 Å². The van der Waals surface area contributed by atoms with Crippen LogP contribution in [0.25, 0.3) is 0 Å². The maximum atomic E-state index is 13.7. The number of anilines is 2. The van der Waals surface area contributed by atoms with E-state index in [-0.39, 0.29) is 18.5 Å². The molecule has 0 saturated heterocycles. The van der Waals surface area contributed by atoms with E-state index in [0.29, 0.717) is 22.9 Å². The van der Waals surface area contributed by atoms with E-state index in [9.17, 15) is 4.79 Å². The Bertz CT molecular complexity index is 1300. The number of nitrogens with one attached hydrogen (secondary N) is 2. The third-order valence-corrected chi connectivity index (χ3v) is 6.99. The standard InChI is InChI=1S/C27H23ClN2O3/c1-15-6-8-16(9-7-15)17-10-22-26(23(31)11-17)27(30-21-5-3-2-4-20(21)29-22)18-12-24-25(13-19(18)28)33-14-32-24/h2-9,12-13,17,27,29-30H,10-11,14H2,1H3. The number of fused-ring (bicyclic) bond motifs is 2. The van der Waals surface area contributed by atoms with E-state index < -0.39 is 6.04 Å². The van der Waals surface area contributed by atoms with Crippen molar-refractivity contribution in [1.29, 1.82) is 0 Å². The molecular weight excluding hydrogens is 436 g/mol. The molecule has 0 radical (unpaired) electrons. The normalized spacial score (nSPS) is 21.0. The van der Waals surface area contributed by atoms with Gasteiger partial charge >= 0.3 is 0 Å². The van der Waals surface area contributed by atoms with Crippen LogP contribution in [0.4, 0.5) is 11.4 Å². The minimum absolute atomic E-state index is 0.119. The van der Waals surface area contributed by atoms with Gasteiger partial charge in [-0.25, -0.2) is 0 Å². The lowest BCUT2D eigenvalue weighted by molar-refractivity contribution is -0.116. The van der Waals surface area contributed by atoms with Crippen molar-refractivity contribution in [3.05, 3.63) is 93.6 Å². The first-order valence-electron chi connectivity index (χ1n) is 11.1. The van der Waals surface area contributed by atoms with E-state index in [4.69, 9.17) is 21.1 Å². The molecule has 0 aromatic heterocycles. The Labute approximate surface area is 197 Å². The van der Waals surface area contributed by atoms with Crippen molar-refractivity contribution in [3.63, 3.8) is 0 Å². The summed E-state index contributed by atoms with van der Waals surface area (Å²) in [5.74, 6) is 1.51. The van der Waals surface area contributed by atoms with Crippen LogP contribution in [0.5, 0.6) is 11.5 Å². The SMILES string of the molecule is Cc1ccc(C2CC(=O)C3=C(C2)Nc2ccccc2NC3c2cc3c(cc2Cl)OCO3)cc1. The summed E-state index contributed by atoms with van der Waals surface area (Å²) in [5, 5.41) is 7.69. The molecular formula is C27H23ClN2O3. The van der Waals surface area contributed by atoms with Crippen molar-refractivity contribution in [1.82, 2.24) is 0 Å². The lowest BCUT2D eigenvalue weighted by atomic mass is 9.78. The number of allylic oxidation sites excluding steroid dienone is 1. The number of halogens is 1. The Hall–Kier alpha value is -3.44. The molecule has 0 fully saturated rings. The van der Waals surface area contributed by atoms with Gasteiger partial charge < -0.3 is 20.1 Å². The first-order chi connectivity index (χ1) is 16.1. The van der Waals surface area contributed by atoms with Crippen LogP contribution in [-0.2, 0) is 4.79 Å². The molecule has 5 nitrogen and oxygen atoms in total. The number of hydrogen-bond acceptors (Lipinski definition) is 5. The molecule has 3 aliphatic rings. The number of para-hydroxylation sites is 2. The molecule has 6 rings (SSSR count). The van der Waals surface area contributed by atoms with Crippen LogP contribution in [0.15, 0.2) is 71.9 Å². The van der Waals surface area contributed by atoms with Crippen LogP contribution in [-0.4, -0.2) is 12.6 Å². The predicted molar refractivity (Wildman–Crippen MR) is 129 cm³/mol. The minimum atomic E-state index is -0.399. The zero-order valence-electron chi connectivity index (χ0n) is 18.2. The summed E-state index contributed by atoms with van der Waals surface area (Å²) in [6.45, 7) is 2.24. The average Bonchev–Trinajstić information content (AvgIpc) is 3.18. The Kier molecular flexibility index (Phi) is 4.80. The molecule has 166 valence electrons. The van der Waals surface area contributed by atoms with Gasteiger partial charge in [0.1, 0.15) is 0 Å². The largest absolute Gasteiger partial charge is 0.454 e. The molecule has 6 heteroatoms. The van der Waals surface area contributed by atoms with E-state index in [2.05, 4.69) is 41.8 Å². The number of ether oxygens (including phenoxy) is 2. The van der Waals surface area contributed by atoms with Crippen molar-refractivity contribution in [2.75, 3.05) is 17.4 Å². The van der Waals surface area contributed by atoms with Gasteiger partial charge in [0.05, 0.1) is 22.4 Å². The lowest BCUT2D eigenvalue weighted by Crippen LogP contribution is -2.27. The summed E-state index contributed by atoms with van der Waals surface area (Å²) in [6.07, 6.45) is 1.21. The molecule has 0 saturated carbocycles. The highest BCUT2D eigenvalue weighted by molar-refractivity contribution is 6.31. The van der Waals surface area contributed by atoms with Gasteiger partial charge in [0.25, 0.3) is 0 Å². The molecule has 0 spiro atoms. The summed E-state index contributed by atoms with van der Waals surface area (Å²) in [4.78, 5) is 13.7. The maximum absolute atomic E-state index is 13.7. The number of rotatable bonds is 2. The van der Waals surface area contributed by atoms with Crippen molar-refractivity contribution in [2.45, 2.75) is 31.7 Å². The maximum Gasteiger partial charge on any atom is 0.231 e. The topological polar surface area (TPSA) is 59.6 Å². The number of carbonyl (C=O) groups is 1. The molecule has 2 heterocycles. The predicted octanol–water partition coefficient (Wildman–Crippen LogP) is 6.36.